The van der Waals surface area contributed by atoms with Crippen LogP contribution in [0.5, 0.6) is 0 Å². The van der Waals surface area contributed by atoms with Crippen molar-refractivity contribution in [2.45, 2.75) is 10.4 Å². The fraction of sp³-hybridized carbons (Fsp3) is 0.130. The zero-order valence-corrected chi connectivity index (χ0v) is 16.1. The largest absolute Gasteiger partial charge is 0.341 e. The highest BCUT2D eigenvalue weighted by molar-refractivity contribution is 8.18. The lowest BCUT2D eigenvalue weighted by molar-refractivity contribution is -0.143. The van der Waals surface area contributed by atoms with Crippen molar-refractivity contribution in [3.63, 3.8) is 0 Å². The van der Waals surface area contributed by atoms with Crippen molar-refractivity contribution in [2.75, 3.05) is 16.8 Å². The van der Waals surface area contributed by atoms with E-state index in [1.54, 1.807) is 4.90 Å². The summed E-state index contributed by atoms with van der Waals surface area (Å²) in [7, 11) is 1.95. The molecule has 1 amide bonds. The molecule has 0 spiro atoms. The van der Waals surface area contributed by atoms with Crippen molar-refractivity contribution >= 4 is 34.2 Å². The Morgan fingerprint density at radius 3 is 1.89 bits per heavy atom. The van der Waals surface area contributed by atoms with E-state index in [-0.39, 0.29) is 11.0 Å². The number of anilines is 2. The maximum Gasteiger partial charge on any atom is 0.254 e. The lowest BCUT2D eigenvalue weighted by Crippen LogP contribution is -2.92. The number of carbonyl (C=O) groups is 2. The summed E-state index contributed by atoms with van der Waals surface area (Å²) in [6.45, 7) is 0. The molecule has 0 bridgehead atoms. The third kappa shape index (κ3) is 1.87. The maximum absolute atomic E-state index is 13.6. The van der Waals surface area contributed by atoms with Gasteiger partial charge in [-0.3, -0.25) is 14.5 Å². The standard InChI is InChI=1S/C23H18N2O2S/c1-24(18-13-7-3-8-14-18)23-22(21(27)28-23,17-11-5-2-6-12-17)20(26)25(23)19-15-9-4-10-16-19/h2-16H,1H3. The lowest BCUT2D eigenvalue weighted by Gasteiger charge is -2.71. The number of rotatable bonds is 4. The smallest absolute Gasteiger partial charge is 0.254 e. The van der Waals surface area contributed by atoms with Crippen LogP contribution in [0.1, 0.15) is 5.56 Å². The van der Waals surface area contributed by atoms with Crippen LogP contribution in [-0.4, -0.2) is 23.1 Å². The summed E-state index contributed by atoms with van der Waals surface area (Å²) >= 11 is 1.22. The number of thioether (sulfide) groups is 1. The van der Waals surface area contributed by atoms with E-state index in [0.717, 1.165) is 16.9 Å². The van der Waals surface area contributed by atoms with Gasteiger partial charge in [-0.1, -0.05) is 66.7 Å². The maximum atomic E-state index is 13.6. The van der Waals surface area contributed by atoms with Crippen molar-refractivity contribution in [1.82, 2.24) is 0 Å². The fourth-order valence-electron chi connectivity index (χ4n) is 4.34. The number of likely N-dealkylation sites (N-methyl/N-ethyl adjacent to an activating group) is 1. The van der Waals surface area contributed by atoms with Gasteiger partial charge >= 0.3 is 0 Å². The average molecular weight is 386 g/mol. The van der Waals surface area contributed by atoms with Crippen LogP contribution >= 0.6 is 11.8 Å². The molecule has 2 atom stereocenters. The Balaban J connectivity index is 1.73. The number of carbonyl (C=O) groups excluding carboxylic acids is 2. The van der Waals surface area contributed by atoms with Gasteiger partial charge in [0.1, 0.15) is 0 Å². The van der Waals surface area contributed by atoms with E-state index in [1.165, 1.54) is 11.8 Å². The number of fused-ring (bicyclic) bond motifs is 1. The molecule has 138 valence electrons. The van der Waals surface area contributed by atoms with E-state index in [4.69, 9.17) is 0 Å². The summed E-state index contributed by atoms with van der Waals surface area (Å²) in [5.74, 6) is -0.170. The molecule has 5 heteroatoms. The topological polar surface area (TPSA) is 40.6 Å². The van der Waals surface area contributed by atoms with Gasteiger partial charge in [-0.2, -0.15) is 0 Å². The minimum Gasteiger partial charge on any atom is -0.341 e. The third-order valence-corrected chi connectivity index (χ3v) is 7.21. The molecule has 2 saturated heterocycles. The summed E-state index contributed by atoms with van der Waals surface area (Å²) in [6, 6.07) is 28.9. The summed E-state index contributed by atoms with van der Waals surface area (Å²) in [4.78, 5) is 29.6. The van der Waals surface area contributed by atoms with Gasteiger partial charge < -0.3 is 4.90 Å². The molecular formula is C23H18N2O2S. The van der Waals surface area contributed by atoms with Crippen LogP contribution in [0.15, 0.2) is 91.0 Å². The molecule has 3 aromatic rings. The molecule has 0 radical (unpaired) electrons. The monoisotopic (exact) mass is 386 g/mol. The molecule has 2 heterocycles. The van der Waals surface area contributed by atoms with Gasteiger partial charge in [0.05, 0.1) is 0 Å². The van der Waals surface area contributed by atoms with Crippen LogP contribution in [0.2, 0.25) is 0 Å². The molecule has 0 aliphatic carbocycles. The predicted octanol–water partition coefficient (Wildman–Crippen LogP) is 4.03. The van der Waals surface area contributed by atoms with E-state index < -0.39 is 10.4 Å². The third-order valence-electron chi connectivity index (χ3n) is 5.68. The number of amides is 1. The molecule has 2 aliphatic heterocycles. The zero-order chi connectivity index (χ0) is 19.4. The molecular weight excluding hydrogens is 368 g/mol. The normalized spacial score (nSPS) is 25.5. The quantitative estimate of drug-likeness (QED) is 0.501. The number of para-hydroxylation sites is 2. The van der Waals surface area contributed by atoms with Crippen molar-refractivity contribution < 1.29 is 9.59 Å². The Morgan fingerprint density at radius 2 is 1.32 bits per heavy atom. The van der Waals surface area contributed by atoms with Crippen LogP contribution in [-0.2, 0) is 15.0 Å². The summed E-state index contributed by atoms with van der Waals surface area (Å²) in [5, 5.41) is -0.0985. The van der Waals surface area contributed by atoms with Gasteiger partial charge in [0.2, 0.25) is 10.1 Å². The van der Waals surface area contributed by atoms with E-state index in [1.807, 2.05) is 98.0 Å². The highest BCUT2D eigenvalue weighted by Gasteiger charge is 2.86. The molecule has 2 fully saturated rings. The molecule has 4 nitrogen and oxygen atoms in total. The summed E-state index contributed by atoms with van der Waals surface area (Å²) < 4.78 is 0. The molecule has 2 aliphatic rings. The molecule has 0 N–H and O–H groups in total. The molecule has 2 unspecified atom stereocenters. The first-order chi connectivity index (χ1) is 13.6. The number of hydrogen-bond acceptors (Lipinski definition) is 4. The number of β-lactam (4-membered cyclic amide) rings is 1. The van der Waals surface area contributed by atoms with Gasteiger partial charge in [-0.25, -0.2) is 0 Å². The van der Waals surface area contributed by atoms with E-state index in [9.17, 15) is 9.59 Å². The summed E-state index contributed by atoms with van der Waals surface area (Å²) in [5.41, 5.74) is 1.30. The highest BCUT2D eigenvalue weighted by Crippen LogP contribution is 2.69. The van der Waals surface area contributed by atoms with Crippen LogP contribution in [0, 0.1) is 0 Å². The first kappa shape index (κ1) is 17.1. The average Bonchev–Trinajstić information content (AvgIpc) is 2.74. The van der Waals surface area contributed by atoms with E-state index >= 15 is 0 Å². The van der Waals surface area contributed by atoms with Crippen LogP contribution in [0.4, 0.5) is 11.4 Å². The minimum absolute atomic E-state index is 0.0985. The SMILES string of the molecule is CN(c1ccccc1)C12SC(=O)C1(c1ccccc1)C(=O)N2c1ccccc1. The first-order valence-electron chi connectivity index (χ1n) is 9.11. The molecule has 0 aromatic heterocycles. The van der Waals surface area contributed by atoms with E-state index in [0.29, 0.717) is 0 Å². The van der Waals surface area contributed by atoms with Crippen molar-refractivity contribution in [3.05, 3.63) is 96.6 Å². The number of nitrogens with zero attached hydrogens (tertiary/aromatic N) is 2. The van der Waals surface area contributed by atoms with Crippen molar-refractivity contribution in [1.29, 1.82) is 0 Å². The molecule has 5 rings (SSSR count). The predicted molar refractivity (Wildman–Crippen MR) is 112 cm³/mol. The van der Waals surface area contributed by atoms with Crippen molar-refractivity contribution in [2.24, 2.45) is 0 Å². The Kier molecular flexibility index (Phi) is 3.64. The van der Waals surface area contributed by atoms with Gasteiger partial charge in [0.25, 0.3) is 5.91 Å². The zero-order valence-electron chi connectivity index (χ0n) is 15.3. The van der Waals surface area contributed by atoms with Crippen LogP contribution in [0.3, 0.4) is 0 Å². The summed E-state index contributed by atoms with van der Waals surface area (Å²) in [6.07, 6.45) is 0. The van der Waals surface area contributed by atoms with Gasteiger partial charge in [-0.15, -0.1) is 0 Å². The second-order valence-corrected chi connectivity index (χ2v) is 8.13. The minimum atomic E-state index is -1.20. The second kappa shape index (κ2) is 5.97. The van der Waals surface area contributed by atoms with Crippen LogP contribution in [0.25, 0.3) is 0 Å². The number of benzene rings is 3. The Hall–Kier alpha value is -3.05. The first-order valence-corrected chi connectivity index (χ1v) is 9.93. The molecule has 0 saturated carbocycles. The van der Waals surface area contributed by atoms with Crippen molar-refractivity contribution in [3.8, 4) is 0 Å². The van der Waals surface area contributed by atoms with Gasteiger partial charge in [-0.05, 0) is 41.6 Å². The Bertz CT molecular complexity index is 1060. The Morgan fingerprint density at radius 1 is 0.786 bits per heavy atom. The Labute approximate surface area is 167 Å². The van der Waals surface area contributed by atoms with Gasteiger partial charge in [0, 0.05) is 18.4 Å². The van der Waals surface area contributed by atoms with Crippen LogP contribution < -0.4 is 9.80 Å². The second-order valence-electron chi connectivity index (χ2n) is 6.98. The number of hydrogen-bond donors (Lipinski definition) is 0. The lowest BCUT2D eigenvalue weighted by atomic mass is 9.67. The van der Waals surface area contributed by atoms with Gasteiger partial charge in [0.15, 0.2) is 5.41 Å². The van der Waals surface area contributed by atoms with E-state index in [2.05, 4.69) is 4.90 Å². The molecule has 28 heavy (non-hydrogen) atoms. The fourth-order valence-corrected chi connectivity index (χ4v) is 5.92. The molecule has 3 aromatic carbocycles. The highest BCUT2D eigenvalue weighted by atomic mass is 32.2.